The van der Waals surface area contributed by atoms with Crippen LogP contribution in [0, 0.1) is 0 Å². The van der Waals surface area contributed by atoms with E-state index in [1.54, 1.807) is 12.4 Å². The largest absolute Gasteiger partial charge is 0.291 e. The first-order valence-electron chi connectivity index (χ1n) is 8.34. The second kappa shape index (κ2) is 6.14. The molecule has 0 amide bonds. The molecule has 1 aromatic carbocycles. The molecule has 0 saturated carbocycles. The molecule has 26 heavy (non-hydrogen) atoms. The molecule has 3 heterocycles. The Bertz CT molecular complexity index is 1170. The van der Waals surface area contributed by atoms with Gasteiger partial charge in [0.25, 0.3) is 5.56 Å². The van der Waals surface area contributed by atoms with Crippen LogP contribution in [0.2, 0.25) is 0 Å². The lowest BCUT2D eigenvalue weighted by molar-refractivity contribution is 0.590. The minimum absolute atomic E-state index is 0.0976. The summed E-state index contributed by atoms with van der Waals surface area (Å²) in [5, 5.41) is 4.41. The Morgan fingerprint density at radius 3 is 2.35 bits per heavy atom. The van der Waals surface area contributed by atoms with Crippen molar-refractivity contribution in [2.75, 3.05) is 0 Å². The first kappa shape index (κ1) is 16.6. The first-order chi connectivity index (χ1) is 12.4. The highest BCUT2D eigenvalue weighted by Gasteiger charge is 2.15. The molecule has 0 N–H and O–H groups in total. The van der Waals surface area contributed by atoms with Crippen molar-refractivity contribution in [1.82, 2.24) is 19.6 Å². The summed E-state index contributed by atoms with van der Waals surface area (Å²) in [5.74, 6) is 0.573. The summed E-state index contributed by atoms with van der Waals surface area (Å²) in [6.45, 7) is 6.53. The highest BCUT2D eigenvalue weighted by Crippen LogP contribution is 2.25. The number of benzene rings is 1. The van der Waals surface area contributed by atoms with E-state index in [0.717, 1.165) is 11.1 Å². The van der Waals surface area contributed by atoms with Gasteiger partial charge < -0.3 is 0 Å². The van der Waals surface area contributed by atoms with Gasteiger partial charge in [-0.3, -0.25) is 9.78 Å². The number of hydrogen-bond acceptors (Lipinski definition) is 5. The Labute approximate surface area is 154 Å². The van der Waals surface area contributed by atoms with Crippen molar-refractivity contribution in [2.45, 2.75) is 26.2 Å². The quantitative estimate of drug-likeness (QED) is 0.550. The van der Waals surface area contributed by atoms with Gasteiger partial charge in [0.1, 0.15) is 0 Å². The number of thiazole rings is 1. The van der Waals surface area contributed by atoms with E-state index in [1.807, 2.05) is 30.3 Å². The van der Waals surface area contributed by atoms with Crippen LogP contribution < -0.4 is 10.1 Å². The summed E-state index contributed by atoms with van der Waals surface area (Å²) in [5.41, 5.74) is 3.04. The molecule has 0 aliphatic heterocycles. The van der Waals surface area contributed by atoms with Crippen molar-refractivity contribution in [3.05, 3.63) is 74.8 Å². The minimum atomic E-state index is -0.146. The average Bonchev–Trinajstić information content (AvgIpc) is 3.15. The van der Waals surface area contributed by atoms with Gasteiger partial charge in [0.2, 0.25) is 4.96 Å². The maximum Gasteiger partial charge on any atom is 0.291 e. The number of nitrogens with zero attached hydrogens (tertiary/aromatic N) is 4. The third-order valence-electron chi connectivity index (χ3n) is 4.19. The lowest BCUT2D eigenvalue weighted by atomic mass is 9.87. The molecule has 5 nitrogen and oxygen atoms in total. The van der Waals surface area contributed by atoms with Crippen molar-refractivity contribution in [3.8, 4) is 11.4 Å². The summed E-state index contributed by atoms with van der Waals surface area (Å²) in [7, 11) is 0. The molecule has 0 atom stereocenters. The van der Waals surface area contributed by atoms with Gasteiger partial charge in [0, 0.05) is 18.0 Å². The van der Waals surface area contributed by atoms with Crippen LogP contribution in [0.1, 0.15) is 31.9 Å². The summed E-state index contributed by atoms with van der Waals surface area (Å²) in [6, 6.07) is 11.9. The maximum absolute atomic E-state index is 12.6. The van der Waals surface area contributed by atoms with E-state index < -0.39 is 0 Å². The monoisotopic (exact) mass is 362 g/mol. The fraction of sp³-hybridized carbons (Fsp3) is 0.200. The van der Waals surface area contributed by atoms with Crippen molar-refractivity contribution in [3.63, 3.8) is 0 Å². The molecule has 6 heteroatoms. The molecule has 0 aliphatic carbocycles. The van der Waals surface area contributed by atoms with Crippen molar-refractivity contribution in [1.29, 1.82) is 0 Å². The lowest BCUT2D eigenvalue weighted by Crippen LogP contribution is -2.23. The van der Waals surface area contributed by atoms with Gasteiger partial charge in [-0.2, -0.15) is 9.50 Å². The zero-order valence-corrected chi connectivity index (χ0v) is 15.6. The number of pyridine rings is 1. The molecule has 0 spiro atoms. The number of hydrogen-bond donors (Lipinski definition) is 0. The highest BCUT2D eigenvalue weighted by molar-refractivity contribution is 7.15. The molecule has 0 saturated heterocycles. The van der Waals surface area contributed by atoms with Gasteiger partial charge in [-0.1, -0.05) is 56.4 Å². The maximum atomic E-state index is 12.6. The summed E-state index contributed by atoms with van der Waals surface area (Å²) >= 11 is 1.34. The summed E-state index contributed by atoms with van der Waals surface area (Å²) in [4.78, 5) is 21.7. The van der Waals surface area contributed by atoms with Crippen LogP contribution in [0.25, 0.3) is 22.4 Å². The molecule has 4 rings (SSSR count). The lowest BCUT2D eigenvalue weighted by Gasteiger charge is -2.18. The Balaban J connectivity index is 1.74. The Hall–Kier alpha value is -2.86. The minimum Gasteiger partial charge on any atom is -0.266 e. The van der Waals surface area contributed by atoms with Crippen LogP contribution in [0.15, 0.2) is 53.6 Å². The molecule has 3 aromatic heterocycles. The predicted octanol–water partition coefficient (Wildman–Crippen LogP) is 3.06. The Morgan fingerprint density at radius 1 is 1.04 bits per heavy atom. The standard InChI is InChI=1S/C20H18N4OS/c1-20(2,3)15-6-4-14(5-7-15)17-22-19-24(23-17)18(25)16(26-19)12-13-8-10-21-11-9-13/h4-12H,1-3H3/b16-12-. The van der Waals surface area contributed by atoms with E-state index in [1.165, 1.54) is 21.4 Å². The number of aromatic nitrogens is 4. The van der Waals surface area contributed by atoms with Crippen molar-refractivity contribution >= 4 is 22.4 Å². The van der Waals surface area contributed by atoms with Gasteiger partial charge in [-0.25, -0.2) is 0 Å². The van der Waals surface area contributed by atoms with Crippen LogP contribution in [0.4, 0.5) is 0 Å². The second-order valence-corrected chi connectivity index (χ2v) is 8.16. The fourth-order valence-electron chi connectivity index (χ4n) is 2.69. The van der Waals surface area contributed by atoms with Crippen LogP contribution in [-0.2, 0) is 5.41 Å². The van der Waals surface area contributed by atoms with Gasteiger partial charge in [0.05, 0.1) is 4.53 Å². The fourth-order valence-corrected chi connectivity index (χ4v) is 3.59. The molecule has 0 aliphatic rings. The van der Waals surface area contributed by atoms with E-state index in [4.69, 9.17) is 0 Å². The van der Waals surface area contributed by atoms with Gasteiger partial charge >= 0.3 is 0 Å². The first-order valence-corrected chi connectivity index (χ1v) is 9.16. The summed E-state index contributed by atoms with van der Waals surface area (Å²) in [6.07, 6.45) is 5.24. The van der Waals surface area contributed by atoms with E-state index in [9.17, 15) is 4.79 Å². The van der Waals surface area contributed by atoms with E-state index in [-0.39, 0.29) is 11.0 Å². The van der Waals surface area contributed by atoms with Gasteiger partial charge in [0.15, 0.2) is 5.82 Å². The number of rotatable bonds is 2. The van der Waals surface area contributed by atoms with Crippen LogP contribution in [0.3, 0.4) is 0 Å². The van der Waals surface area contributed by atoms with Crippen molar-refractivity contribution < 1.29 is 0 Å². The van der Waals surface area contributed by atoms with Crippen LogP contribution in [0.5, 0.6) is 0 Å². The topological polar surface area (TPSA) is 60.2 Å². The molecule has 0 fully saturated rings. The van der Waals surface area contributed by atoms with Gasteiger partial charge in [-0.15, -0.1) is 5.10 Å². The SMILES string of the molecule is CC(C)(C)c1ccc(-c2nc3s/c(=C\c4ccncc4)c(=O)n3n2)cc1. The third-order valence-corrected chi connectivity index (χ3v) is 5.15. The van der Waals surface area contributed by atoms with E-state index in [0.29, 0.717) is 15.3 Å². The van der Waals surface area contributed by atoms with Crippen LogP contribution in [-0.4, -0.2) is 19.6 Å². The van der Waals surface area contributed by atoms with E-state index in [2.05, 4.69) is 48.0 Å². The van der Waals surface area contributed by atoms with Crippen LogP contribution >= 0.6 is 11.3 Å². The molecule has 130 valence electrons. The summed E-state index contributed by atoms with van der Waals surface area (Å²) < 4.78 is 1.99. The molecule has 0 radical (unpaired) electrons. The second-order valence-electron chi connectivity index (χ2n) is 7.15. The molecule has 0 bridgehead atoms. The Kier molecular flexibility index (Phi) is 3.92. The smallest absolute Gasteiger partial charge is 0.266 e. The van der Waals surface area contributed by atoms with E-state index >= 15 is 0 Å². The predicted molar refractivity (Wildman–Crippen MR) is 104 cm³/mol. The Morgan fingerprint density at radius 2 is 1.73 bits per heavy atom. The molecule has 4 aromatic rings. The third kappa shape index (κ3) is 3.04. The average molecular weight is 362 g/mol. The zero-order chi connectivity index (χ0) is 18.3. The highest BCUT2D eigenvalue weighted by atomic mass is 32.1. The van der Waals surface area contributed by atoms with Gasteiger partial charge in [-0.05, 0) is 34.8 Å². The molecular formula is C20H18N4OS. The van der Waals surface area contributed by atoms with Crippen molar-refractivity contribution in [2.24, 2.45) is 0 Å². The molecular weight excluding hydrogens is 344 g/mol. The number of fused-ring (bicyclic) bond motifs is 1. The normalized spacial score (nSPS) is 12.8. The molecule has 0 unspecified atom stereocenters. The zero-order valence-electron chi connectivity index (χ0n) is 14.8.